The van der Waals surface area contributed by atoms with Gasteiger partial charge in [-0.2, -0.15) is 0 Å². The maximum atomic E-state index is 5.93. The highest BCUT2D eigenvalue weighted by Crippen LogP contribution is 2.26. The molecule has 1 aromatic heterocycles. The molecule has 1 atom stereocenters. The van der Waals surface area contributed by atoms with Crippen molar-refractivity contribution in [2.75, 3.05) is 17.7 Å². The lowest BCUT2D eigenvalue weighted by Gasteiger charge is -2.22. The predicted molar refractivity (Wildman–Crippen MR) is 58.2 cm³/mol. The van der Waals surface area contributed by atoms with Gasteiger partial charge in [-0.05, 0) is 6.92 Å². The maximum Gasteiger partial charge on any atom is 0.153 e. The first-order chi connectivity index (χ1) is 6.57. The van der Waals surface area contributed by atoms with Gasteiger partial charge in [0.05, 0.1) is 6.04 Å². The zero-order valence-electron chi connectivity index (χ0n) is 8.03. The van der Waals surface area contributed by atoms with Gasteiger partial charge in [-0.1, -0.05) is 17.5 Å². The summed E-state index contributed by atoms with van der Waals surface area (Å²) < 4.78 is 0. The van der Waals surface area contributed by atoms with Crippen LogP contribution in [0.3, 0.4) is 0 Å². The molecule has 1 unspecified atom stereocenters. The van der Waals surface area contributed by atoms with Gasteiger partial charge in [0.25, 0.3) is 0 Å². The van der Waals surface area contributed by atoms with Crippen LogP contribution >= 0.6 is 11.6 Å². The molecule has 74 valence electrons. The van der Waals surface area contributed by atoms with Gasteiger partial charge in [0.2, 0.25) is 0 Å². The van der Waals surface area contributed by atoms with E-state index in [9.17, 15) is 0 Å². The topological polar surface area (TPSA) is 55.0 Å². The number of hydrogen-bond acceptors (Lipinski definition) is 4. The summed E-state index contributed by atoms with van der Waals surface area (Å²) >= 11 is 5.93. The number of anilines is 2. The second-order valence-electron chi connectivity index (χ2n) is 2.85. The lowest BCUT2D eigenvalue weighted by molar-refractivity contribution is 0.827. The van der Waals surface area contributed by atoms with Gasteiger partial charge in [-0.3, -0.25) is 0 Å². The van der Waals surface area contributed by atoms with E-state index >= 15 is 0 Å². The fourth-order valence-corrected chi connectivity index (χ4v) is 1.15. The molecule has 1 aromatic rings. The molecule has 0 bridgehead atoms. The summed E-state index contributed by atoms with van der Waals surface area (Å²) in [5.41, 5.74) is 5.54. The molecule has 2 N–H and O–H groups in total. The average molecular weight is 211 g/mol. The van der Waals surface area contributed by atoms with Gasteiger partial charge in [0.15, 0.2) is 5.82 Å². The molecule has 0 aromatic carbocycles. The molecule has 0 aliphatic heterocycles. The summed E-state index contributed by atoms with van der Waals surface area (Å²) in [5, 5.41) is 0.331. The van der Waals surface area contributed by atoms with Crippen molar-refractivity contribution in [3.8, 4) is 12.3 Å². The van der Waals surface area contributed by atoms with Crippen LogP contribution in [0.1, 0.15) is 6.92 Å². The minimum Gasteiger partial charge on any atom is -0.382 e. The fraction of sp³-hybridized carbons (Fsp3) is 0.333. The molecule has 0 saturated carbocycles. The van der Waals surface area contributed by atoms with Crippen molar-refractivity contribution in [1.82, 2.24) is 9.97 Å². The van der Waals surface area contributed by atoms with Crippen molar-refractivity contribution < 1.29 is 0 Å². The summed E-state index contributed by atoms with van der Waals surface area (Å²) in [6.45, 7) is 1.87. The Kier molecular flexibility index (Phi) is 3.15. The Hall–Kier alpha value is -1.47. The van der Waals surface area contributed by atoms with Crippen LogP contribution in [0, 0.1) is 12.3 Å². The largest absolute Gasteiger partial charge is 0.382 e. The Morgan fingerprint density at radius 2 is 2.29 bits per heavy atom. The van der Waals surface area contributed by atoms with Crippen LogP contribution < -0.4 is 10.6 Å². The minimum absolute atomic E-state index is 0.0956. The first-order valence-electron chi connectivity index (χ1n) is 4.02. The van der Waals surface area contributed by atoms with E-state index in [0.717, 1.165) is 0 Å². The summed E-state index contributed by atoms with van der Waals surface area (Å²) in [7, 11) is 1.80. The van der Waals surface area contributed by atoms with Crippen LogP contribution in [-0.4, -0.2) is 23.1 Å². The van der Waals surface area contributed by atoms with Gasteiger partial charge >= 0.3 is 0 Å². The molecular weight excluding hydrogens is 200 g/mol. The number of hydrogen-bond donors (Lipinski definition) is 1. The Labute approximate surface area is 88.1 Å². The minimum atomic E-state index is -0.0956. The van der Waals surface area contributed by atoms with Gasteiger partial charge in [-0.15, -0.1) is 6.42 Å². The number of nitrogen functional groups attached to an aromatic ring is 1. The molecule has 0 saturated heterocycles. The molecule has 0 spiro atoms. The van der Waals surface area contributed by atoms with E-state index in [0.29, 0.717) is 10.8 Å². The summed E-state index contributed by atoms with van der Waals surface area (Å²) in [6, 6.07) is -0.0956. The number of terminal acetylenes is 1. The van der Waals surface area contributed by atoms with Crippen molar-refractivity contribution in [3.63, 3.8) is 0 Å². The van der Waals surface area contributed by atoms with Crippen LogP contribution in [-0.2, 0) is 0 Å². The summed E-state index contributed by atoms with van der Waals surface area (Å²) in [5.74, 6) is 3.38. The highest BCUT2D eigenvalue weighted by molar-refractivity contribution is 6.35. The quantitative estimate of drug-likeness (QED) is 0.745. The van der Waals surface area contributed by atoms with Crippen LogP contribution in [0.4, 0.5) is 11.6 Å². The highest BCUT2D eigenvalue weighted by atomic mass is 35.5. The van der Waals surface area contributed by atoms with Crippen LogP contribution in [0.25, 0.3) is 0 Å². The van der Waals surface area contributed by atoms with Crippen molar-refractivity contribution in [2.24, 2.45) is 0 Å². The van der Waals surface area contributed by atoms with Crippen molar-refractivity contribution in [3.05, 3.63) is 11.3 Å². The third kappa shape index (κ3) is 1.88. The van der Waals surface area contributed by atoms with Gasteiger partial charge in [0, 0.05) is 7.05 Å². The standard InChI is InChI=1S/C9H11ClN4/c1-4-6(2)14(3)9-7(10)8(11)12-5-13-9/h1,5-6H,2-3H3,(H2,11,12,13). The molecule has 0 fully saturated rings. The Balaban J connectivity index is 3.08. The number of nitrogens with two attached hydrogens (primary N) is 1. The zero-order chi connectivity index (χ0) is 10.7. The predicted octanol–water partition coefficient (Wildman–Crippen LogP) is 1.17. The fourth-order valence-electron chi connectivity index (χ4n) is 0.915. The second-order valence-corrected chi connectivity index (χ2v) is 3.23. The van der Waals surface area contributed by atoms with Crippen LogP contribution in [0.2, 0.25) is 5.02 Å². The number of aromatic nitrogens is 2. The zero-order valence-corrected chi connectivity index (χ0v) is 8.78. The lowest BCUT2D eigenvalue weighted by atomic mass is 10.3. The Morgan fingerprint density at radius 3 is 2.86 bits per heavy atom. The number of rotatable bonds is 2. The van der Waals surface area contributed by atoms with Crippen molar-refractivity contribution in [2.45, 2.75) is 13.0 Å². The summed E-state index contributed by atoms with van der Waals surface area (Å²) in [6.07, 6.45) is 6.65. The molecule has 0 amide bonds. The van der Waals surface area contributed by atoms with Crippen molar-refractivity contribution >= 4 is 23.2 Å². The van der Waals surface area contributed by atoms with E-state index in [1.54, 1.807) is 11.9 Å². The molecular formula is C9H11ClN4. The normalized spacial score (nSPS) is 11.9. The van der Waals surface area contributed by atoms with E-state index in [1.807, 2.05) is 6.92 Å². The second kappa shape index (κ2) is 4.16. The third-order valence-electron chi connectivity index (χ3n) is 1.95. The molecule has 0 aliphatic carbocycles. The Bertz CT molecular complexity index is 372. The average Bonchev–Trinajstić information content (AvgIpc) is 2.20. The summed E-state index contributed by atoms with van der Waals surface area (Å²) in [4.78, 5) is 9.54. The van der Waals surface area contributed by atoms with Gasteiger partial charge < -0.3 is 10.6 Å². The molecule has 1 rings (SSSR count). The van der Waals surface area contributed by atoms with E-state index in [-0.39, 0.29) is 11.9 Å². The monoisotopic (exact) mass is 210 g/mol. The number of halogens is 1. The van der Waals surface area contributed by atoms with Gasteiger partial charge in [0.1, 0.15) is 17.2 Å². The molecule has 5 heteroatoms. The lowest BCUT2D eigenvalue weighted by Crippen LogP contribution is -2.28. The van der Waals surface area contributed by atoms with Crippen LogP contribution in [0.15, 0.2) is 6.33 Å². The van der Waals surface area contributed by atoms with E-state index in [4.69, 9.17) is 23.8 Å². The SMILES string of the molecule is C#CC(C)N(C)c1ncnc(N)c1Cl. The molecule has 0 radical (unpaired) electrons. The number of nitrogens with zero attached hydrogens (tertiary/aromatic N) is 3. The van der Waals surface area contributed by atoms with Crippen LogP contribution in [0.5, 0.6) is 0 Å². The first-order valence-corrected chi connectivity index (χ1v) is 4.40. The molecule has 4 nitrogen and oxygen atoms in total. The third-order valence-corrected chi connectivity index (χ3v) is 2.32. The molecule has 0 aliphatic rings. The van der Waals surface area contributed by atoms with E-state index < -0.39 is 0 Å². The smallest absolute Gasteiger partial charge is 0.153 e. The van der Waals surface area contributed by atoms with E-state index in [2.05, 4.69) is 15.9 Å². The van der Waals surface area contributed by atoms with E-state index in [1.165, 1.54) is 6.33 Å². The molecule has 14 heavy (non-hydrogen) atoms. The first kappa shape index (κ1) is 10.6. The highest BCUT2D eigenvalue weighted by Gasteiger charge is 2.14. The maximum absolute atomic E-state index is 5.93. The molecule has 1 heterocycles. The van der Waals surface area contributed by atoms with Gasteiger partial charge in [-0.25, -0.2) is 9.97 Å². The Morgan fingerprint density at radius 1 is 1.64 bits per heavy atom. The van der Waals surface area contributed by atoms with Crippen molar-refractivity contribution in [1.29, 1.82) is 0 Å².